The van der Waals surface area contributed by atoms with E-state index in [1.807, 2.05) is 24.3 Å². The summed E-state index contributed by atoms with van der Waals surface area (Å²) in [6.45, 7) is 8.38. The number of benzene rings is 4. The van der Waals surface area contributed by atoms with Gasteiger partial charge in [-0.05, 0) is 71.8 Å². The maximum absolute atomic E-state index is 6.44. The van der Waals surface area contributed by atoms with E-state index in [9.17, 15) is 0 Å². The third-order valence-electron chi connectivity index (χ3n) is 6.80. The zero-order valence-corrected chi connectivity index (χ0v) is 20.6. The van der Waals surface area contributed by atoms with E-state index < -0.39 is 5.41 Å². The Morgan fingerprint density at radius 3 is 2.19 bits per heavy atom. The molecule has 6 rings (SSSR count). The molecule has 1 N–H and O–H groups in total. The highest BCUT2D eigenvalue weighted by Gasteiger charge is 2.24. The molecule has 3 heteroatoms. The quantitative estimate of drug-likeness (QED) is 0.288. The lowest BCUT2D eigenvalue weighted by atomic mass is 9.82. The Morgan fingerprint density at radius 1 is 0.806 bits per heavy atom. The van der Waals surface area contributed by atoms with Crippen LogP contribution in [0.4, 0.5) is 17.1 Å². The van der Waals surface area contributed by atoms with Crippen molar-refractivity contribution in [2.24, 2.45) is 5.41 Å². The molecule has 0 atom stereocenters. The molecule has 0 bridgehead atoms. The fraction of sp³-hybridized carbons (Fsp3) is 0.0909. The van der Waals surface area contributed by atoms with Crippen LogP contribution in [0.15, 0.2) is 109 Å². The highest BCUT2D eigenvalue weighted by atomic mass is 16.5. The fourth-order valence-electron chi connectivity index (χ4n) is 4.87. The van der Waals surface area contributed by atoms with Crippen molar-refractivity contribution in [2.75, 3.05) is 24.3 Å². The molecule has 2 aliphatic rings. The van der Waals surface area contributed by atoms with Crippen molar-refractivity contribution in [1.82, 2.24) is 0 Å². The summed E-state index contributed by atoms with van der Waals surface area (Å²) < 4.78 is 6.44. The van der Waals surface area contributed by atoms with Crippen LogP contribution in [0, 0.1) is 19.3 Å². The van der Waals surface area contributed by atoms with Crippen LogP contribution in [-0.2, 0) is 0 Å². The summed E-state index contributed by atoms with van der Waals surface area (Å²) in [6, 6.07) is 27.4. The summed E-state index contributed by atoms with van der Waals surface area (Å²) in [5, 5.41) is 5.89. The zero-order chi connectivity index (χ0) is 24.9. The maximum Gasteiger partial charge on any atom is 0.152 e. The third-order valence-corrected chi connectivity index (χ3v) is 6.80. The summed E-state index contributed by atoms with van der Waals surface area (Å²) in [7, 11) is 4.12. The van der Waals surface area contributed by atoms with E-state index in [1.54, 1.807) is 0 Å². The molecule has 1 aliphatic carbocycles. The molecule has 4 aromatic carbocycles. The molecule has 1 aliphatic heterocycles. The molecule has 2 radical (unpaired) electrons. The fourth-order valence-corrected chi connectivity index (χ4v) is 4.87. The molecule has 4 aromatic rings. The SMILES string of the molecule is [CH2]C1([CH2])C=CC(=C(c2ccc(N(C)C)cc2)c2cc3c(c4ccccc24)Nc2ccccc2O3)C=C1. The topological polar surface area (TPSA) is 24.5 Å². The van der Waals surface area contributed by atoms with Gasteiger partial charge in [0.2, 0.25) is 0 Å². The molecule has 3 nitrogen and oxygen atoms in total. The summed E-state index contributed by atoms with van der Waals surface area (Å²) in [6.07, 6.45) is 8.40. The first-order chi connectivity index (χ1) is 17.4. The summed E-state index contributed by atoms with van der Waals surface area (Å²) in [4.78, 5) is 2.11. The van der Waals surface area contributed by atoms with Gasteiger partial charge < -0.3 is 15.0 Å². The van der Waals surface area contributed by atoms with E-state index in [0.717, 1.165) is 61.6 Å². The standard InChI is InChI=1S/C33H28N2O/c1-33(2)19-17-23(18-20-33)31(22-13-15-24(16-14-22)35(3)4)27-21-30-32(26-10-6-5-9-25(26)27)34-28-11-7-8-12-29(28)36-30/h5-21,34H,1-2H2,3-4H3. The number of hydrogen-bond acceptors (Lipinski definition) is 3. The van der Waals surface area contributed by atoms with Gasteiger partial charge >= 0.3 is 0 Å². The lowest BCUT2D eigenvalue weighted by molar-refractivity contribution is 0.482. The Morgan fingerprint density at radius 2 is 1.47 bits per heavy atom. The summed E-state index contributed by atoms with van der Waals surface area (Å²) in [5.41, 5.74) is 7.18. The normalized spacial score (nSPS) is 15.1. The van der Waals surface area contributed by atoms with E-state index in [1.165, 1.54) is 0 Å². The minimum absolute atomic E-state index is 0.460. The van der Waals surface area contributed by atoms with E-state index in [2.05, 4.69) is 117 Å². The maximum atomic E-state index is 6.44. The van der Waals surface area contributed by atoms with Crippen molar-refractivity contribution in [3.8, 4) is 11.5 Å². The average molecular weight is 469 g/mol. The molecule has 36 heavy (non-hydrogen) atoms. The molecular formula is C33H28N2O. The monoisotopic (exact) mass is 468 g/mol. The Balaban J connectivity index is 1.61. The van der Waals surface area contributed by atoms with E-state index in [0.29, 0.717) is 0 Å². The molecule has 176 valence electrons. The van der Waals surface area contributed by atoms with E-state index in [4.69, 9.17) is 4.74 Å². The van der Waals surface area contributed by atoms with Crippen molar-refractivity contribution in [3.63, 3.8) is 0 Å². The van der Waals surface area contributed by atoms with Crippen molar-refractivity contribution >= 4 is 33.4 Å². The van der Waals surface area contributed by atoms with Gasteiger partial charge in [-0.3, -0.25) is 0 Å². The molecular weight excluding hydrogens is 440 g/mol. The summed E-state index contributed by atoms with van der Waals surface area (Å²) >= 11 is 0. The number of rotatable bonds is 3. The average Bonchev–Trinajstić information content (AvgIpc) is 2.89. The number of anilines is 3. The van der Waals surface area contributed by atoms with Crippen LogP contribution in [0.25, 0.3) is 16.3 Å². The van der Waals surface area contributed by atoms with Crippen LogP contribution in [-0.4, -0.2) is 14.1 Å². The number of nitrogens with zero attached hydrogens (tertiary/aromatic N) is 1. The van der Waals surface area contributed by atoms with Crippen LogP contribution in [0.2, 0.25) is 0 Å². The minimum atomic E-state index is -0.460. The predicted octanol–water partition coefficient (Wildman–Crippen LogP) is 8.34. The number of nitrogens with one attached hydrogen (secondary N) is 1. The van der Waals surface area contributed by atoms with Gasteiger partial charge in [-0.2, -0.15) is 0 Å². The molecule has 0 unspecified atom stereocenters. The van der Waals surface area contributed by atoms with Crippen LogP contribution >= 0.6 is 0 Å². The molecule has 0 saturated heterocycles. The third kappa shape index (κ3) is 3.87. The molecule has 0 aromatic heterocycles. The van der Waals surface area contributed by atoms with Crippen LogP contribution in [0.5, 0.6) is 11.5 Å². The van der Waals surface area contributed by atoms with Crippen molar-refractivity contribution < 1.29 is 4.74 Å². The Bertz CT molecular complexity index is 1550. The highest BCUT2D eigenvalue weighted by molar-refractivity contribution is 6.08. The Labute approximate surface area is 213 Å². The van der Waals surface area contributed by atoms with Crippen LogP contribution < -0.4 is 15.0 Å². The smallest absolute Gasteiger partial charge is 0.152 e. The van der Waals surface area contributed by atoms with Gasteiger partial charge in [-0.25, -0.2) is 0 Å². The van der Waals surface area contributed by atoms with Gasteiger partial charge in [-0.1, -0.05) is 72.8 Å². The van der Waals surface area contributed by atoms with Gasteiger partial charge in [0.15, 0.2) is 11.5 Å². The van der Waals surface area contributed by atoms with Crippen LogP contribution in [0.1, 0.15) is 11.1 Å². The number of para-hydroxylation sites is 2. The van der Waals surface area contributed by atoms with Gasteiger partial charge in [0.25, 0.3) is 0 Å². The second-order valence-electron chi connectivity index (χ2n) is 9.74. The van der Waals surface area contributed by atoms with Gasteiger partial charge in [0.1, 0.15) is 0 Å². The second kappa shape index (κ2) is 8.46. The zero-order valence-electron chi connectivity index (χ0n) is 20.6. The number of allylic oxidation sites excluding steroid dienone is 5. The van der Waals surface area contributed by atoms with Gasteiger partial charge in [0, 0.05) is 30.6 Å². The van der Waals surface area contributed by atoms with E-state index in [-0.39, 0.29) is 0 Å². The van der Waals surface area contributed by atoms with Crippen molar-refractivity contribution in [1.29, 1.82) is 0 Å². The Hall–Kier alpha value is -4.24. The highest BCUT2D eigenvalue weighted by Crippen LogP contribution is 2.48. The van der Waals surface area contributed by atoms with Crippen molar-refractivity contribution in [3.05, 3.63) is 134 Å². The number of hydrogen-bond donors (Lipinski definition) is 1. The lowest BCUT2D eigenvalue weighted by Gasteiger charge is -2.26. The van der Waals surface area contributed by atoms with E-state index >= 15 is 0 Å². The molecule has 0 amide bonds. The molecule has 0 saturated carbocycles. The van der Waals surface area contributed by atoms with Crippen LogP contribution in [0.3, 0.4) is 0 Å². The molecule has 0 spiro atoms. The first-order valence-electron chi connectivity index (χ1n) is 12.1. The van der Waals surface area contributed by atoms with Gasteiger partial charge in [-0.15, -0.1) is 0 Å². The van der Waals surface area contributed by atoms with Gasteiger partial charge in [0.05, 0.1) is 11.4 Å². The predicted molar refractivity (Wildman–Crippen MR) is 152 cm³/mol. The lowest BCUT2D eigenvalue weighted by Crippen LogP contribution is -2.09. The number of ether oxygens (including phenoxy) is 1. The molecule has 1 heterocycles. The largest absolute Gasteiger partial charge is 0.453 e. The minimum Gasteiger partial charge on any atom is -0.453 e. The van der Waals surface area contributed by atoms with Crippen molar-refractivity contribution in [2.45, 2.75) is 0 Å². The summed E-state index contributed by atoms with van der Waals surface area (Å²) in [5.74, 6) is 1.64. The second-order valence-corrected chi connectivity index (χ2v) is 9.74. The first-order valence-corrected chi connectivity index (χ1v) is 12.1. The Kier molecular flexibility index (Phi) is 5.22. The molecule has 0 fully saturated rings. The first kappa shape index (κ1) is 22.2. The number of fused-ring (bicyclic) bond motifs is 4.